The highest BCUT2D eigenvalue weighted by Gasteiger charge is 2.51. The molecule has 4 rings (SSSR count). The molecule has 0 aromatic rings. The number of piperidine rings is 1. The fourth-order valence-corrected chi connectivity index (χ4v) is 6.54. The molecule has 47 heavy (non-hydrogen) atoms. The largest absolute Gasteiger partial charge is 0.347 e. The van der Waals surface area contributed by atoms with Crippen molar-refractivity contribution < 1.29 is 33.6 Å². The smallest absolute Gasteiger partial charge is 0.315 e. The highest BCUT2D eigenvalue weighted by molar-refractivity contribution is 6.40. The van der Waals surface area contributed by atoms with Crippen LogP contribution in [0.2, 0.25) is 0 Å². The lowest BCUT2D eigenvalue weighted by molar-refractivity contribution is -0.153. The molecule has 13 heteroatoms. The van der Waals surface area contributed by atoms with E-state index in [1.165, 1.54) is 9.80 Å². The fraction of sp³-hybridized carbons (Fsp3) is 0.794. The molecular weight excluding hydrogens is 604 g/mol. The molecule has 4 N–H and O–H groups in total. The molecular formula is C34H54N6O7. The van der Waals surface area contributed by atoms with Gasteiger partial charge in [0.25, 0.3) is 5.91 Å². The number of hydrogen-bond acceptors (Lipinski definition) is 7. The quantitative estimate of drug-likeness (QED) is 0.206. The van der Waals surface area contributed by atoms with Crippen molar-refractivity contribution in [2.45, 2.75) is 143 Å². The summed E-state index contributed by atoms with van der Waals surface area (Å²) in [5.41, 5.74) is -2.96. The van der Waals surface area contributed by atoms with Crippen LogP contribution in [0.15, 0.2) is 0 Å². The Labute approximate surface area is 278 Å². The molecule has 4 aliphatic rings. The Kier molecular flexibility index (Phi) is 10.2. The van der Waals surface area contributed by atoms with Crippen LogP contribution in [-0.4, -0.2) is 93.9 Å². The van der Waals surface area contributed by atoms with E-state index in [4.69, 9.17) is 0 Å². The zero-order chi connectivity index (χ0) is 35.1. The van der Waals surface area contributed by atoms with Gasteiger partial charge in [0.05, 0.1) is 6.04 Å². The van der Waals surface area contributed by atoms with Crippen molar-refractivity contribution >= 4 is 41.4 Å². The zero-order valence-electron chi connectivity index (χ0n) is 29.3. The Morgan fingerprint density at radius 2 is 1.45 bits per heavy atom. The number of imide groups is 1. The fourth-order valence-electron chi connectivity index (χ4n) is 6.54. The Balaban J connectivity index is 1.44. The topological polar surface area (TPSA) is 174 Å². The first-order valence-corrected chi connectivity index (χ1v) is 17.0. The average molecular weight is 659 g/mol. The Morgan fingerprint density at radius 1 is 0.851 bits per heavy atom. The van der Waals surface area contributed by atoms with E-state index in [0.717, 1.165) is 12.8 Å². The molecule has 0 aromatic heterocycles. The van der Waals surface area contributed by atoms with Crippen LogP contribution in [0.1, 0.15) is 113 Å². The van der Waals surface area contributed by atoms with Crippen LogP contribution in [0, 0.1) is 16.2 Å². The molecule has 0 aromatic carbocycles. The molecule has 4 fully saturated rings. The molecule has 13 nitrogen and oxygen atoms in total. The van der Waals surface area contributed by atoms with E-state index in [1.54, 1.807) is 0 Å². The molecule has 2 aliphatic carbocycles. The summed E-state index contributed by atoms with van der Waals surface area (Å²) < 4.78 is 0. The number of amides is 7. The van der Waals surface area contributed by atoms with Crippen LogP contribution in [0.4, 0.5) is 4.79 Å². The third kappa shape index (κ3) is 8.51. The zero-order valence-corrected chi connectivity index (χ0v) is 29.3. The molecule has 0 bridgehead atoms. The molecule has 2 aliphatic heterocycles. The second kappa shape index (κ2) is 13.2. The minimum atomic E-state index is -1.26. The first-order valence-electron chi connectivity index (χ1n) is 17.0. The molecule has 3 atom stereocenters. The minimum absolute atomic E-state index is 0.00627. The van der Waals surface area contributed by atoms with Gasteiger partial charge in [0.2, 0.25) is 29.4 Å². The SMILES string of the molecule is CC1(C)CC(=O)N(C[C@@H](NC(=O)N[C@H](C(=O)N2CCC[C@H]2C(=O)NC2(C(=O)C(=O)NC3CC3)CCC2)C(C)(C)C)C(C)(C)C)C(=O)C1. The summed E-state index contributed by atoms with van der Waals surface area (Å²) in [5, 5.41) is 11.3. The van der Waals surface area contributed by atoms with E-state index in [9.17, 15) is 33.6 Å². The third-order valence-corrected chi connectivity index (χ3v) is 9.93. The van der Waals surface area contributed by atoms with Gasteiger partial charge in [0.1, 0.15) is 17.6 Å². The summed E-state index contributed by atoms with van der Waals surface area (Å²) in [7, 11) is 0. The Morgan fingerprint density at radius 3 is 1.94 bits per heavy atom. The number of carbonyl (C=O) groups excluding carboxylic acids is 7. The number of nitrogens with zero attached hydrogens (tertiary/aromatic N) is 2. The maximum atomic E-state index is 14.1. The van der Waals surface area contributed by atoms with Gasteiger partial charge in [-0.25, -0.2) is 4.79 Å². The number of urea groups is 1. The van der Waals surface area contributed by atoms with Gasteiger partial charge in [0.15, 0.2) is 0 Å². The number of hydrogen-bond donors (Lipinski definition) is 4. The van der Waals surface area contributed by atoms with Gasteiger partial charge in [-0.3, -0.25) is 33.7 Å². The summed E-state index contributed by atoms with van der Waals surface area (Å²) in [6.45, 7) is 15.2. The standard InChI is InChI=1S/C34H54N6O7/c1-31(2,3)22(19-40-23(41)17-33(7,8)18-24(40)42)36-30(47)37-25(32(4,5)6)29(46)39-16-9-11-21(39)27(44)38-34(14-10-15-34)26(43)28(45)35-20-12-13-20/h20-22,25H,9-19H2,1-8H3,(H,35,45)(H,38,44)(H2,36,37,47)/t21-,22+,25+/m0/s1. The van der Waals surface area contributed by atoms with Crippen molar-refractivity contribution in [3.63, 3.8) is 0 Å². The van der Waals surface area contributed by atoms with Gasteiger partial charge in [-0.2, -0.15) is 0 Å². The summed E-state index contributed by atoms with van der Waals surface area (Å²) in [4.78, 5) is 95.3. The van der Waals surface area contributed by atoms with E-state index >= 15 is 0 Å². The monoisotopic (exact) mass is 658 g/mol. The van der Waals surface area contributed by atoms with Gasteiger partial charge in [-0.05, 0) is 61.2 Å². The maximum Gasteiger partial charge on any atom is 0.315 e. The molecule has 2 saturated heterocycles. The number of carbonyl (C=O) groups is 7. The summed E-state index contributed by atoms with van der Waals surface area (Å²) in [5.74, 6) is -2.79. The minimum Gasteiger partial charge on any atom is -0.347 e. The van der Waals surface area contributed by atoms with E-state index in [-0.39, 0.29) is 37.2 Å². The van der Waals surface area contributed by atoms with Crippen molar-refractivity contribution in [2.75, 3.05) is 13.1 Å². The van der Waals surface area contributed by atoms with Gasteiger partial charge in [0, 0.05) is 32.0 Å². The summed E-state index contributed by atoms with van der Waals surface area (Å²) in [6.07, 6.45) is 4.53. The van der Waals surface area contributed by atoms with Crippen LogP contribution in [0.5, 0.6) is 0 Å². The number of likely N-dealkylation sites (tertiary alicyclic amines) is 2. The van der Waals surface area contributed by atoms with E-state index in [0.29, 0.717) is 38.6 Å². The number of ketones is 1. The predicted molar refractivity (Wildman–Crippen MR) is 174 cm³/mol. The lowest BCUT2D eigenvalue weighted by atomic mass is 9.73. The predicted octanol–water partition coefficient (Wildman–Crippen LogP) is 2.17. The first-order chi connectivity index (χ1) is 21.6. The van der Waals surface area contributed by atoms with E-state index in [2.05, 4.69) is 21.3 Å². The van der Waals surface area contributed by atoms with Crippen LogP contribution in [-0.2, 0) is 28.8 Å². The van der Waals surface area contributed by atoms with Crippen LogP contribution in [0.3, 0.4) is 0 Å². The summed E-state index contributed by atoms with van der Waals surface area (Å²) in [6, 6.07) is -3.08. The van der Waals surface area contributed by atoms with Gasteiger partial charge in [-0.15, -0.1) is 0 Å². The molecule has 0 radical (unpaired) electrons. The van der Waals surface area contributed by atoms with Crippen molar-refractivity contribution in [1.29, 1.82) is 0 Å². The molecule has 262 valence electrons. The van der Waals surface area contributed by atoms with Crippen molar-refractivity contribution in [3.8, 4) is 0 Å². The Hall–Kier alpha value is -3.51. The lowest BCUT2D eigenvalue weighted by Crippen LogP contribution is -2.66. The second-order valence-corrected chi connectivity index (χ2v) is 16.9. The van der Waals surface area contributed by atoms with Gasteiger partial charge in [-0.1, -0.05) is 55.4 Å². The van der Waals surface area contributed by atoms with E-state index in [1.807, 2.05) is 55.4 Å². The molecule has 2 heterocycles. The number of rotatable bonds is 10. The molecule has 0 unspecified atom stereocenters. The molecule has 2 saturated carbocycles. The maximum absolute atomic E-state index is 14.1. The highest BCUT2D eigenvalue weighted by atomic mass is 16.2. The van der Waals surface area contributed by atoms with Crippen LogP contribution >= 0.6 is 0 Å². The third-order valence-electron chi connectivity index (χ3n) is 9.93. The molecule has 0 spiro atoms. The van der Waals surface area contributed by atoms with Gasteiger partial charge < -0.3 is 26.2 Å². The first kappa shape index (κ1) is 36.3. The summed E-state index contributed by atoms with van der Waals surface area (Å²) >= 11 is 0. The molecule has 7 amide bonds. The normalized spacial score (nSPS) is 23.7. The lowest BCUT2D eigenvalue weighted by Gasteiger charge is -2.42. The Bertz CT molecular complexity index is 1280. The van der Waals surface area contributed by atoms with Crippen LogP contribution in [0.25, 0.3) is 0 Å². The van der Waals surface area contributed by atoms with Crippen molar-refractivity contribution in [1.82, 2.24) is 31.1 Å². The number of Topliss-reactive ketones (excluding diaryl/α,β-unsaturated/α-hetero) is 1. The van der Waals surface area contributed by atoms with Gasteiger partial charge >= 0.3 is 6.03 Å². The number of nitrogens with one attached hydrogen (secondary N) is 4. The van der Waals surface area contributed by atoms with Crippen molar-refractivity contribution in [2.24, 2.45) is 16.2 Å². The van der Waals surface area contributed by atoms with Crippen LogP contribution < -0.4 is 21.3 Å². The highest BCUT2D eigenvalue weighted by Crippen LogP contribution is 2.35. The average Bonchev–Trinajstić information content (AvgIpc) is 3.58. The second-order valence-electron chi connectivity index (χ2n) is 16.9. The van der Waals surface area contributed by atoms with E-state index < -0.39 is 69.4 Å². The van der Waals surface area contributed by atoms with Crippen molar-refractivity contribution in [3.05, 3.63) is 0 Å².